The summed E-state index contributed by atoms with van der Waals surface area (Å²) < 4.78 is 21.4. The summed E-state index contributed by atoms with van der Waals surface area (Å²) in [6.45, 7) is 4.71. The summed E-state index contributed by atoms with van der Waals surface area (Å²) in [7, 11) is 1.58. The molecule has 1 N–H and O–H groups in total. The Morgan fingerprint density at radius 3 is 2.45 bits per heavy atom. The third-order valence-electron chi connectivity index (χ3n) is 4.72. The first-order valence-electron chi connectivity index (χ1n) is 10.3. The Morgan fingerprint density at radius 1 is 1.06 bits per heavy atom. The van der Waals surface area contributed by atoms with Crippen LogP contribution in [0.1, 0.15) is 23.7 Å². The Balaban J connectivity index is 1.67. The Hall–Kier alpha value is -3.26. The molecule has 0 bridgehead atoms. The molecule has 166 valence electrons. The molecule has 1 amide bonds. The van der Waals surface area contributed by atoms with Gasteiger partial charge in [0.2, 0.25) is 0 Å². The van der Waals surface area contributed by atoms with Crippen molar-refractivity contribution in [2.24, 2.45) is 0 Å². The number of benzene rings is 2. The van der Waals surface area contributed by atoms with E-state index in [4.69, 9.17) is 18.9 Å². The van der Waals surface area contributed by atoms with E-state index in [2.05, 4.69) is 10.2 Å². The number of methoxy groups -OCH3 is 1. The van der Waals surface area contributed by atoms with Crippen LogP contribution >= 0.6 is 0 Å². The van der Waals surface area contributed by atoms with Crippen molar-refractivity contribution in [1.82, 2.24) is 0 Å². The molecule has 1 saturated heterocycles. The normalized spacial score (nSPS) is 13.4. The largest absolute Gasteiger partial charge is 0.497 e. The van der Waals surface area contributed by atoms with Crippen LogP contribution in [0.2, 0.25) is 0 Å². The number of anilines is 2. The van der Waals surface area contributed by atoms with E-state index in [0.717, 1.165) is 12.1 Å². The number of amides is 1. The average molecular weight is 428 g/mol. The predicted octanol–water partition coefficient (Wildman–Crippen LogP) is 3.12. The molecule has 8 heteroatoms. The van der Waals surface area contributed by atoms with Crippen LogP contribution in [0.3, 0.4) is 0 Å². The monoisotopic (exact) mass is 428 g/mol. The van der Waals surface area contributed by atoms with Crippen LogP contribution in [0.25, 0.3) is 0 Å². The molecule has 0 spiro atoms. The molecule has 1 aliphatic rings. The smallest absolute Gasteiger partial charge is 0.340 e. The summed E-state index contributed by atoms with van der Waals surface area (Å²) in [5, 5.41) is 2.78. The highest BCUT2D eigenvalue weighted by molar-refractivity contribution is 5.99. The van der Waals surface area contributed by atoms with E-state index < -0.39 is 5.97 Å². The maximum Gasteiger partial charge on any atom is 0.340 e. The summed E-state index contributed by atoms with van der Waals surface area (Å²) in [6, 6.07) is 12.2. The van der Waals surface area contributed by atoms with Crippen molar-refractivity contribution in [3.63, 3.8) is 0 Å². The highest BCUT2D eigenvalue weighted by Gasteiger charge is 2.21. The van der Waals surface area contributed by atoms with Gasteiger partial charge in [-0.05, 0) is 48.9 Å². The Morgan fingerprint density at radius 2 is 1.77 bits per heavy atom. The van der Waals surface area contributed by atoms with Gasteiger partial charge in [0.15, 0.2) is 6.61 Å². The number of ether oxygens (including phenoxy) is 4. The van der Waals surface area contributed by atoms with Crippen LogP contribution in [0, 0.1) is 0 Å². The van der Waals surface area contributed by atoms with Crippen LogP contribution in [0.5, 0.6) is 11.5 Å². The van der Waals surface area contributed by atoms with Gasteiger partial charge in [0.1, 0.15) is 11.5 Å². The lowest BCUT2D eigenvalue weighted by molar-refractivity contribution is -0.118. The first-order valence-corrected chi connectivity index (χ1v) is 10.3. The molecular weight excluding hydrogens is 400 g/mol. The summed E-state index contributed by atoms with van der Waals surface area (Å²) in [4.78, 5) is 27.1. The Labute approximate surface area is 182 Å². The van der Waals surface area contributed by atoms with Crippen molar-refractivity contribution in [1.29, 1.82) is 0 Å². The van der Waals surface area contributed by atoms with Crippen LogP contribution in [0.4, 0.5) is 11.4 Å². The number of esters is 1. The lowest BCUT2D eigenvalue weighted by Gasteiger charge is -2.30. The summed E-state index contributed by atoms with van der Waals surface area (Å²) in [5.74, 6) is 0.527. The average Bonchev–Trinajstić information content (AvgIpc) is 2.82. The first kappa shape index (κ1) is 22.4. The van der Waals surface area contributed by atoms with E-state index >= 15 is 0 Å². The Bertz CT molecular complexity index is 878. The standard InChI is InChI=1S/C23H28N2O6/c1-3-12-30-23(27)20-15-17(4-9-21(20)25-10-13-29-14-11-25)24-22(26)16-31-19-7-5-18(28-2)6-8-19/h4-9,15H,3,10-14,16H2,1-2H3,(H,24,26). The van der Waals surface area contributed by atoms with Crippen molar-refractivity contribution in [3.8, 4) is 11.5 Å². The molecule has 1 aliphatic heterocycles. The van der Waals surface area contributed by atoms with Gasteiger partial charge in [-0.25, -0.2) is 4.79 Å². The quantitative estimate of drug-likeness (QED) is 0.614. The number of rotatable bonds is 9. The van der Waals surface area contributed by atoms with Crippen LogP contribution in [-0.4, -0.2) is 58.5 Å². The van der Waals surface area contributed by atoms with Gasteiger partial charge in [0, 0.05) is 18.8 Å². The molecule has 0 unspecified atom stereocenters. The lowest BCUT2D eigenvalue weighted by Crippen LogP contribution is -2.37. The molecule has 2 aromatic rings. The second-order valence-corrected chi connectivity index (χ2v) is 6.98. The van der Waals surface area contributed by atoms with Gasteiger partial charge >= 0.3 is 5.97 Å². The topological polar surface area (TPSA) is 86.3 Å². The number of nitrogens with one attached hydrogen (secondary N) is 1. The maximum atomic E-state index is 12.6. The number of nitrogens with zero attached hydrogens (tertiary/aromatic N) is 1. The zero-order chi connectivity index (χ0) is 22.1. The maximum absolute atomic E-state index is 12.6. The molecule has 2 aromatic carbocycles. The fourth-order valence-electron chi connectivity index (χ4n) is 3.15. The molecule has 1 fully saturated rings. The fraction of sp³-hybridized carbons (Fsp3) is 0.391. The number of carbonyl (C=O) groups excluding carboxylic acids is 2. The molecule has 0 radical (unpaired) electrons. The molecule has 0 aliphatic carbocycles. The number of carbonyl (C=O) groups is 2. The van der Waals surface area contributed by atoms with E-state index in [-0.39, 0.29) is 12.5 Å². The van der Waals surface area contributed by atoms with Crippen LogP contribution in [-0.2, 0) is 14.3 Å². The molecule has 0 atom stereocenters. The lowest BCUT2D eigenvalue weighted by atomic mass is 10.1. The van der Waals surface area contributed by atoms with Gasteiger partial charge in [-0.2, -0.15) is 0 Å². The van der Waals surface area contributed by atoms with Crippen molar-refractivity contribution >= 4 is 23.3 Å². The minimum absolute atomic E-state index is 0.160. The van der Waals surface area contributed by atoms with E-state index in [1.54, 1.807) is 43.5 Å². The van der Waals surface area contributed by atoms with Gasteiger partial charge in [-0.15, -0.1) is 0 Å². The molecule has 3 rings (SSSR count). The minimum Gasteiger partial charge on any atom is -0.497 e. The molecule has 31 heavy (non-hydrogen) atoms. The highest BCUT2D eigenvalue weighted by atomic mass is 16.5. The molecule has 8 nitrogen and oxygen atoms in total. The summed E-state index contributed by atoms with van der Waals surface area (Å²) in [6.07, 6.45) is 0.734. The number of hydrogen-bond acceptors (Lipinski definition) is 7. The van der Waals surface area contributed by atoms with Gasteiger partial charge < -0.3 is 29.2 Å². The second kappa shape index (κ2) is 11.2. The molecule has 1 heterocycles. The van der Waals surface area contributed by atoms with Gasteiger partial charge in [-0.1, -0.05) is 6.92 Å². The van der Waals surface area contributed by atoms with Gasteiger partial charge in [0.25, 0.3) is 5.91 Å². The van der Waals surface area contributed by atoms with Crippen molar-refractivity contribution in [3.05, 3.63) is 48.0 Å². The van der Waals surface area contributed by atoms with Crippen molar-refractivity contribution < 1.29 is 28.5 Å². The minimum atomic E-state index is -0.408. The third kappa shape index (κ3) is 6.36. The first-order chi connectivity index (χ1) is 15.1. The van der Waals surface area contributed by atoms with Gasteiger partial charge in [0.05, 0.1) is 38.2 Å². The Kier molecular flexibility index (Phi) is 8.12. The molecule has 0 aromatic heterocycles. The molecule has 0 saturated carbocycles. The highest BCUT2D eigenvalue weighted by Crippen LogP contribution is 2.26. The van der Waals surface area contributed by atoms with Gasteiger partial charge in [-0.3, -0.25) is 4.79 Å². The SMILES string of the molecule is CCCOC(=O)c1cc(NC(=O)COc2ccc(OC)cc2)ccc1N1CCOCC1. The van der Waals surface area contributed by atoms with Crippen LogP contribution in [0.15, 0.2) is 42.5 Å². The number of hydrogen-bond donors (Lipinski definition) is 1. The van der Waals surface area contributed by atoms with Crippen LogP contribution < -0.4 is 19.7 Å². The summed E-state index contributed by atoms with van der Waals surface area (Å²) >= 11 is 0. The van der Waals surface area contributed by atoms with E-state index in [0.29, 0.717) is 55.7 Å². The molecular formula is C23H28N2O6. The third-order valence-corrected chi connectivity index (χ3v) is 4.72. The predicted molar refractivity (Wildman–Crippen MR) is 117 cm³/mol. The second-order valence-electron chi connectivity index (χ2n) is 6.98. The zero-order valence-corrected chi connectivity index (χ0v) is 17.9. The van der Waals surface area contributed by atoms with E-state index in [1.807, 2.05) is 13.0 Å². The van der Waals surface area contributed by atoms with E-state index in [9.17, 15) is 9.59 Å². The van der Waals surface area contributed by atoms with E-state index in [1.165, 1.54) is 0 Å². The van der Waals surface area contributed by atoms with Crippen molar-refractivity contribution in [2.75, 3.05) is 56.8 Å². The zero-order valence-electron chi connectivity index (χ0n) is 17.9. The summed E-state index contributed by atoms with van der Waals surface area (Å²) in [5.41, 5.74) is 1.70. The number of morpholine rings is 1. The van der Waals surface area contributed by atoms with Crippen molar-refractivity contribution in [2.45, 2.75) is 13.3 Å². The fourth-order valence-corrected chi connectivity index (χ4v) is 3.15.